The lowest BCUT2D eigenvalue weighted by molar-refractivity contribution is 0.242. The summed E-state index contributed by atoms with van der Waals surface area (Å²) in [6.45, 7) is 6.10. The summed E-state index contributed by atoms with van der Waals surface area (Å²) in [6, 6.07) is 5.99. The van der Waals surface area contributed by atoms with Gasteiger partial charge in [-0.25, -0.2) is 0 Å². The second kappa shape index (κ2) is 5.80. The highest BCUT2D eigenvalue weighted by atomic mass is 16.5. The molecule has 0 spiro atoms. The number of fused-ring (bicyclic) bond motifs is 1. The minimum absolute atomic E-state index is 0.211. The largest absolute Gasteiger partial charge is 0.508 e. The monoisotopic (exact) mass is 264 g/mol. The Morgan fingerprint density at radius 2 is 2.16 bits per heavy atom. The van der Waals surface area contributed by atoms with Crippen molar-refractivity contribution in [2.75, 3.05) is 27.2 Å². The molecule has 0 radical (unpaired) electrons. The number of benzene rings is 1. The van der Waals surface area contributed by atoms with Crippen LogP contribution in [0.3, 0.4) is 0 Å². The van der Waals surface area contributed by atoms with Crippen molar-refractivity contribution in [3.63, 3.8) is 0 Å². The van der Waals surface area contributed by atoms with E-state index in [0.29, 0.717) is 18.6 Å². The molecule has 0 fully saturated rings. The van der Waals surface area contributed by atoms with Crippen molar-refractivity contribution in [1.82, 2.24) is 10.2 Å². The summed E-state index contributed by atoms with van der Waals surface area (Å²) in [7, 11) is 4.18. The fourth-order valence-electron chi connectivity index (χ4n) is 2.44. The smallest absolute Gasteiger partial charge is 0.127 e. The third kappa shape index (κ3) is 3.39. The predicted molar refractivity (Wildman–Crippen MR) is 76.7 cm³/mol. The maximum atomic E-state index is 9.46. The van der Waals surface area contributed by atoms with Crippen LogP contribution in [0.2, 0.25) is 0 Å². The van der Waals surface area contributed by atoms with E-state index in [1.54, 1.807) is 12.1 Å². The lowest BCUT2D eigenvalue weighted by atomic mass is 10.0. The number of aromatic hydroxyl groups is 1. The Morgan fingerprint density at radius 3 is 2.79 bits per heavy atom. The van der Waals surface area contributed by atoms with E-state index in [-0.39, 0.29) is 11.8 Å². The first-order valence-corrected chi connectivity index (χ1v) is 6.84. The summed E-state index contributed by atoms with van der Waals surface area (Å²) in [5.41, 5.74) is 1.14. The van der Waals surface area contributed by atoms with Gasteiger partial charge in [-0.1, -0.05) is 13.8 Å². The average molecular weight is 264 g/mol. The van der Waals surface area contributed by atoms with Gasteiger partial charge in [0.2, 0.25) is 0 Å². The molecule has 2 rings (SSSR count). The van der Waals surface area contributed by atoms with Gasteiger partial charge in [0.1, 0.15) is 18.1 Å². The van der Waals surface area contributed by atoms with E-state index in [2.05, 4.69) is 38.2 Å². The van der Waals surface area contributed by atoms with Crippen LogP contribution in [0.4, 0.5) is 0 Å². The summed E-state index contributed by atoms with van der Waals surface area (Å²) in [4.78, 5) is 2.20. The third-order valence-electron chi connectivity index (χ3n) is 3.56. The fraction of sp³-hybridized carbons (Fsp3) is 0.600. The molecule has 1 aliphatic heterocycles. The Hall–Kier alpha value is -1.26. The maximum Gasteiger partial charge on any atom is 0.127 e. The molecule has 4 heteroatoms. The lowest BCUT2D eigenvalue weighted by Gasteiger charge is -2.28. The normalized spacial score (nSPS) is 19.6. The van der Waals surface area contributed by atoms with Crippen LogP contribution in [0.5, 0.6) is 11.5 Å². The summed E-state index contributed by atoms with van der Waals surface area (Å²) < 4.78 is 5.64. The van der Waals surface area contributed by atoms with Crippen molar-refractivity contribution in [2.45, 2.75) is 25.9 Å². The molecule has 19 heavy (non-hydrogen) atoms. The molecule has 0 amide bonds. The Labute approximate surface area is 115 Å². The second-order valence-electron chi connectivity index (χ2n) is 5.87. The number of phenols is 1. The number of hydrogen-bond donors (Lipinski definition) is 2. The van der Waals surface area contributed by atoms with Gasteiger partial charge in [-0.05, 0) is 32.1 Å². The molecule has 1 aliphatic rings. The number of hydrogen-bond acceptors (Lipinski definition) is 4. The van der Waals surface area contributed by atoms with Crippen LogP contribution in [0.25, 0.3) is 0 Å². The quantitative estimate of drug-likeness (QED) is 0.854. The van der Waals surface area contributed by atoms with Crippen molar-refractivity contribution in [2.24, 2.45) is 5.92 Å². The highest BCUT2D eigenvalue weighted by Crippen LogP contribution is 2.35. The van der Waals surface area contributed by atoms with E-state index in [1.165, 1.54) is 0 Å². The zero-order valence-electron chi connectivity index (χ0n) is 12.2. The molecule has 0 aliphatic carbocycles. The van der Waals surface area contributed by atoms with E-state index >= 15 is 0 Å². The molecule has 1 heterocycles. The van der Waals surface area contributed by atoms with Crippen molar-refractivity contribution in [3.8, 4) is 11.5 Å². The zero-order chi connectivity index (χ0) is 14.0. The first kappa shape index (κ1) is 14.2. The Bertz CT molecular complexity index is 432. The first-order chi connectivity index (χ1) is 8.97. The fourth-order valence-corrected chi connectivity index (χ4v) is 2.44. The predicted octanol–water partition coefficient (Wildman–Crippen LogP) is 2.00. The van der Waals surface area contributed by atoms with E-state index in [4.69, 9.17) is 4.74 Å². The first-order valence-electron chi connectivity index (χ1n) is 6.84. The van der Waals surface area contributed by atoms with Crippen molar-refractivity contribution in [3.05, 3.63) is 23.8 Å². The summed E-state index contributed by atoms with van der Waals surface area (Å²) >= 11 is 0. The summed E-state index contributed by atoms with van der Waals surface area (Å²) in [5.74, 6) is 1.61. The SMILES string of the molecule is CC(C)C(CN(C)C)NC1COc2cc(O)ccc21. The van der Waals surface area contributed by atoms with Crippen LogP contribution < -0.4 is 10.1 Å². The molecule has 4 nitrogen and oxygen atoms in total. The number of ether oxygens (including phenoxy) is 1. The Kier molecular flexibility index (Phi) is 4.32. The van der Waals surface area contributed by atoms with Crippen LogP contribution in [0, 0.1) is 5.92 Å². The Morgan fingerprint density at radius 1 is 1.42 bits per heavy atom. The van der Waals surface area contributed by atoms with Gasteiger partial charge in [0, 0.05) is 24.2 Å². The number of nitrogens with one attached hydrogen (secondary N) is 1. The third-order valence-corrected chi connectivity index (χ3v) is 3.56. The molecule has 0 saturated carbocycles. The van der Waals surface area contributed by atoms with Gasteiger partial charge in [0.15, 0.2) is 0 Å². The highest BCUT2D eigenvalue weighted by Gasteiger charge is 2.27. The van der Waals surface area contributed by atoms with Crippen LogP contribution >= 0.6 is 0 Å². The number of rotatable bonds is 5. The van der Waals surface area contributed by atoms with Gasteiger partial charge in [0.05, 0.1) is 6.04 Å². The topological polar surface area (TPSA) is 44.7 Å². The zero-order valence-corrected chi connectivity index (χ0v) is 12.2. The second-order valence-corrected chi connectivity index (χ2v) is 5.87. The molecule has 2 N–H and O–H groups in total. The van der Waals surface area contributed by atoms with Gasteiger partial charge in [0.25, 0.3) is 0 Å². The van der Waals surface area contributed by atoms with Crippen molar-refractivity contribution < 1.29 is 9.84 Å². The van der Waals surface area contributed by atoms with Crippen LogP contribution in [0.15, 0.2) is 18.2 Å². The molecule has 2 atom stereocenters. The highest BCUT2D eigenvalue weighted by molar-refractivity contribution is 5.44. The minimum atomic E-state index is 0.211. The number of nitrogens with zero attached hydrogens (tertiary/aromatic N) is 1. The van der Waals surface area contributed by atoms with E-state index < -0.39 is 0 Å². The van der Waals surface area contributed by atoms with Crippen LogP contribution in [-0.4, -0.2) is 43.3 Å². The maximum absolute atomic E-state index is 9.46. The number of phenolic OH excluding ortho intramolecular Hbond substituents is 1. The summed E-state index contributed by atoms with van der Waals surface area (Å²) in [5, 5.41) is 13.1. The van der Waals surface area contributed by atoms with Gasteiger partial charge in [-0.15, -0.1) is 0 Å². The van der Waals surface area contributed by atoms with Crippen LogP contribution in [0.1, 0.15) is 25.5 Å². The molecule has 0 saturated heterocycles. The van der Waals surface area contributed by atoms with E-state index in [9.17, 15) is 5.11 Å². The van der Waals surface area contributed by atoms with Gasteiger partial charge >= 0.3 is 0 Å². The summed E-state index contributed by atoms with van der Waals surface area (Å²) in [6.07, 6.45) is 0. The van der Waals surface area contributed by atoms with Gasteiger partial charge in [-0.3, -0.25) is 0 Å². The lowest BCUT2D eigenvalue weighted by Crippen LogP contribution is -2.44. The molecule has 106 valence electrons. The molecular weight excluding hydrogens is 240 g/mol. The molecule has 2 unspecified atom stereocenters. The molecule has 1 aromatic carbocycles. The van der Waals surface area contributed by atoms with Crippen molar-refractivity contribution >= 4 is 0 Å². The van der Waals surface area contributed by atoms with Gasteiger partial charge in [-0.2, -0.15) is 0 Å². The van der Waals surface area contributed by atoms with Gasteiger partial charge < -0.3 is 20.1 Å². The van der Waals surface area contributed by atoms with E-state index in [0.717, 1.165) is 17.9 Å². The Balaban J connectivity index is 2.08. The average Bonchev–Trinajstić information content (AvgIpc) is 2.70. The molecular formula is C15H24N2O2. The standard InChI is InChI=1S/C15H24N2O2/c1-10(2)13(8-17(3)4)16-14-9-19-15-7-11(18)5-6-12(14)15/h5-7,10,13-14,16,18H,8-9H2,1-4H3. The minimum Gasteiger partial charge on any atom is -0.508 e. The molecule has 0 aromatic heterocycles. The molecule has 1 aromatic rings. The number of likely N-dealkylation sites (N-methyl/N-ethyl adjacent to an activating group) is 1. The molecule has 0 bridgehead atoms. The van der Waals surface area contributed by atoms with Crippen LogP contribution in [-0.2, 0) is 0 Å². The van der Waals surface area contributed by atoms with E-state index in [1.807, 2.05) is 6.07 Å². The van der Waals surface area contributed by atoms with Crippen molar-refractivity contribution in [1.29, 1.82) is 0 Å².